The van der Waals surface area contributed by atoms with Crippen molar-refractivity contribution in [3.05, 3.63) is 29.8 Å². The van der Waals surface area contributed by atoms with Crippen LogP contribution in [0.25, 0.3) is 0 Å². The van der Waals surface area contributed by atoms with Crippen molar-refractivity contribution < 1.29 is 23.4 Å². The Morgan fingerprint density at radius 1 is 1.20 bits per heavy atom. The van der Waals surface area contributed by atoms with Gasteiger partial charge in [0.2, 0.25) is 0 Å². The van der Waals surface area contributed by atoms with E-state index in [1.807, 2.05) is 0 Å². The zero-order valence-electron chi connectivity index (χ0n) is 11.2. The molecule has 20 heavy (non-hydrogen) atoms. The SMILES string of the molecule is O=C(O)CCCCNCCCOc1ccc(F)cc1F. The van der Waals surface area contributed by atoms with Gasteiger partial charge >= 0.3 is 5.97 Å². The molecule has 1 rings (SSSR count). The first-order valence-corrected chi connectivity index (χ1v) is 6.60. The second kappa shape index (κ2) is 9.25. The van der Waals surface area contributed by atoms with Gasteiger partial charge < -0.3 is 15.2 Å². The molecule has 0 saturated heterocycles. The van der Waals surface area contributed by atoms with Crippen molar-refractivity contribution in [3.8, 4) is 5.75 Å². The minimum absolute atomic E-state index is 0.0489. The van der Waals surface area contributed by atoms with Crippen LogP contribution in [-0.2, 0) is 4.79 Å². The van der Waals surface area contributed by atoms with Gasteiger partial charge in [-0.1, -0.05) is 0 Å². The molecule has 112 valence electrons. The molecule has 0 spiro atoms. The van der Waals surface area contributed by atoms with E-state index in [9.17, 15) is 13.6 Å². The summed E-state index contributed by atoms with van der Waals surface area (Å²) in [6.45, 7) is 1.79. The van der Waals surface area contributed by atoms with Gasteiger partial charge in [-0.2, -0.15) is 0 Å². The van der Waals surface area contributed by atoms with E-state index in [2.05, 4.69) is 5.32 Å². The van der Waals surface area contributed by atoms with Crippen LogP contribution in [0.5, 0.6) is 5.75 Å². The van der Waals surface area contributed by atoms with Gasteiger partial charge in [-0.3, -0.25) is 4.79 Å². The van der Waals surface area contributed by atoms with Crippen LogP contribution in [0.2, 0.25) is 0 Å². The Kier molecular flexibility index (Phi) is 7.57. The van der Waals surface area contributed by atoms with Gasteiger partial charge in [0.1, 0.15) is 5.82 Å². The lowest BCUT2D eigenvalue weighted by atomic mass is 10.2. The summed E-state index contributed by atoms with van der Waals surface area (Å²) in [5.74, 6) is -2.06. The second-order valence-electron chi connectivity index (χ2n) is 4.38. The summed E-state index contributed by atoms with van der Waals surface area (Å²) in [6.07, 6.45) is 2.34. The number of ether oxygens (including phenoxy) is 1. The highest BCUT2D eigenvalue weighted by molar-refractivity contribution is 5.66. The second-order valence-corrected chi connectivity index (χ2v) is 4.38. The number of aliphatic carboxylic acids is 1. The average Bonchev–Trinajstić information content (AvgIpc) is 2.38. The summed E-state index contributed by atoms with van der Waals surface area (Å²) < 4.78 is 31.0. The maximum absolute atomic E-state index is 13.2. The van der Waals surface area contributed by atoms with E-state index in [4.69, 9.17) is 9.84 Å². The van der Waals surface area contributed by atoms with E-state index in [1.165, 1.54) is 6.07 Å². The highest BCUT2D eigenvalue weighted by Crippen LogP contribution is 2.17. The number of carbonyl (C=O) groups is 1. The Bertz CT molecular complexity index is 427. The van der Waals surface area contributed by atoms with E-state index in [-0.39, 0.29) is 12.2 Å². The van der Waals surface area contributed by atoms with Gasteiger partial charge in [0.25, 0.3) is 0 Å². The lowest BCUT2D eigenvalue weighted by molar-refractivity contribution is -0.137. The van der Waals surface area contributed by atoms with Gasteiger partial charge in [-0.15, -0.1) is 0 Å². The number of halogens is 2. The fraction of sp³-hybridized carbons (Fsp3) is 0.500. The van der Waals surface area contributed by atoms with Crippen LogP contribution >= 0.6 is 0 Å². The number of nitrogens with one attached hydrogen (secondary N) is 1. The fourth-order valence-electron chi connectivity index (χ4n) is 1.62. The first-order valence-electron chi connectivity index (χ1n) is 6.60. The molecule has 0 bridgehead atoms. The summed E-state index contributed by atoms with van der Waals surface area (Å²) in [6, 6.07) is 3.21. The molecule has 0 amide bonds. The van der Waals surface area contributed by atoms with Gasteiger partial charge in [0, 0.05) is 12.5 Å². The summed E-state index contributed by atoms with van der Waals surface area (Å²) in [5.41, 5.74) is 0. The quantitative estimate of drug-likeness (QED) is 0.649. The minimum atomic E-state index is -0.778. The third-order valence-corrected chi connectivity index (χ3v) is 2.64. The maximum Gasteiger partial charge on any atom is 0.303 e. The van der Waals surface area contributed by atoms with Crippen LogP contribution in [0.1, 0.15) is 25.7 Å². The predicted molar refractivity (Wildman–Crippen MR) is 70.8 cm³/mol. The molecule has 0 aliphatic carbocycles. The smallest absolute Gasteiger partial charge is 0.303 e. The third-order valence-electron chi connectivity index (χ3n) is 2.64. The van der Waals surface area contributed by atoms with Gasteiger partial charge in [-0.05, 0) is 44.5 Å². The number of unbranched alkanes of at least 4 members (excludes halogenated alkanes) is 1. The number of rotatable bonds is 10. The van der Waals surface area contributed by atoms with Gasteiger partial charge in [0.05, 0.1) is 6.61 Å². The number of benzene rings is 1. The Morgan fingerprint density at radius 3 is 2.65 bits per heavy atom. The van der Waals surface area contributed by atoms with Crippen molar-refractivity contribution in [2.24, 2.45) is 0 Å². The molecular formula is C14H19F2NO3. The first kappa shape index (κ1) is 16.4. The lowest BCUT2D eigenvalue weighted by Crippen LogP contribution is -2.19. The molecule has 0 atom stereocenters. The van der Waals surface area contributed by atoms with Crippen molar-refractivity contribution in [2.75, 3.05) is 19.7 Å². The van der Waals surface area contributed by atoms with E-state index in [1.54, 1.807) is 0 Å². The van der Waals surface area contributed by atoms with Crippen LogP contribution in [-0.4, -0.2) is 30.8 Å². The van der Waals surface area contributed by atoms with Gasteiger partial charge in [0.15, 0.2) is 11.6 Å². The number of carboxylic acid groups (broad SMARTS) is 1. The largest absolute Gasteiger partial charge is 0.490 e. The molecule has 6 heteroatoms. The highest BCUT2D eigenvalue weighted by atomic mass is 19.1. The molecule has 0 radical (unpaired) electrons. The van der Waals surface area contributed by atoms with E-state index in [0.717, 1.165) is 25.1 Å². The number of carboxylic acids is 1. The summed E-state index contributed by atoms with van der Waals surface area (Å²) >= 11 is 0. The number of hydrogen-bond acceptors (Lipinski definition) is 3. The standard InChI is InChI=1S/C14H19F2NO3/c15-11-5-6-13(12(16)10-11)20-9-3-8-17-7-2-1-4-14(18)19/h5-6,10,17H,1-4,7-9H2,(H,18,19). The molecule has 4 nitrogen and oxygen atoms in total. The molecule has 0 fully saturated rings. The Morgan fingerprint density at radius 2 is 1.95 bits per heavy atom. The molecule has 0 aliphatic rings. The molecule has 0 heterocycles. The van der Waals surface area contributed by atoms with Crippen LogP contribution in [0, 0.1) is 11.6 Å². The van der Waals surface area contributed by atoms with Gasteiger partial charge in [-0.25, -0.2) is 8.78 Å². The molecule has 0 aliphatic heterocycles. The van der Waals surface area contributed by atoms with Crippen molar-refractivity contribution in [2.45, 2.75) is 25.7 Å². The van der Waals surface area contributed by atoms with Crippen LogP contribution in [0.15, 0.2) is 18.2 Å². The molecular weight excluding hydrogens is 268 g/mol. The molecule has 2 N–H and O–H groups in total. The maximum atomic E-state index is 13.2. The molecule has 0 aromatic heterocycles. The van der Waals surface area contributed by atoms with E-state index < -0.39 is 17.6 Å². The van der Waals surface area contributed by atoms with E-state index in [0.29, 0.717) is 26.0 Å². The summed E-state index contributed by atoms with van der Waals surface area (Å²) in [4.78, 5) is 10.3. The van der Waals surface area contributed by atoms with Crippen molar-refractivity contribution in [3.63, 3.8) is 0 Å². The Labute approximate surface area is 116 Å². The zero-order valence-corrected chi connectivity index (χ0v) is 11.2. The van der Waals surface area contributed by atoms with Crippen LogP contribution in [0.3, 0.4) is 0 Å². The average molecular weight is 287 g/mol. The zero-order chi connectivity index (χ0) is 14.8. The lowest BCUT2D eigenvalue weighted by Gasteiger charge is -2.08. The predicted octanol–water partition coefficient (Wildman–Crippen LogP) is 2.58. The minimum Gasteiger partial charge on any atom is -0.490 e. The number of hydrogen-bond donors (Lipinski definition) is 2. The Hall–Kier alpha value is -1.69. The van der Waals surface area contributed by atoms with Crippen LogP contribution in [0.4, 0.5) is 8.78 Å². The highest BCUT2D eigenvalue weighted by Gasteiger charge is 2.04. The van der Waals surface area contributed by atoms with Crippen LogP contribution < -0.4 is 10.1 Å². The van der Waals surface area contributed by atoms with Crippen molar-refractivity contribution >= 4 is 5.97 Å². The van der Waals surface area contributed by atoms with Crippen molar-refractivity contribution in [1.29, 1.82) is 0 Å². The summed E-state index contributed by atoms with van der Waals surface area (Å²) in [7, 11) is 0. The topological polar surface area (TPSA) is 58.6 Å². The molecule has 0 saturated carbocycles. The molecule has 0 unspecified atom stereocenters. The fourth-order valence-corrected chi connectivity index (χ4v) is 1.62. The molecule has 1 aromatic rings. The van der Waals surface area contributed by atoms with E-state index >= 15 is 0 Å². The first-order chi connectivity index (χ1) is 9.59. The van der Waals surface area contributed by atoms with Crippen molar-refractivity contribution in [1.82, 2.24) is 5.32 Å². The monoisotopic (exact) mass is 287 g/mol. The summed E-state index contributed by atoms with van der Waals surface area (Å²) in [5, 5.41) is 11.6. The normalized spacial score (nSPS) is 10.5. The molecule has 1 aromatic carbocycles. The Balaban J connectivity index is 2.01. The third kappa shape index (κ3) is 7.04.